The van der Waals surface area contributed by atoms with Crippen molar-refractivity contribution >= 4 is 16.9 Å². The molecule has 1 amide bonds. The maximum Gasteiger partial charge on any atom is 0.340 e. The predicted octanol–water partition coefficient (Wildman–Crippen LogP) is 3.67. The number of carbonyl (C=O) groups is 1. The summed E-state index contributed by atoms with van der Waals surface area (Å²) in [6.45, 7) is 2.41. The second kappa shape index (κ2) is 8.95. The van der Waals surface area contributed by atoms with Gasteiger partial charge in [0.1, 0.15) is 0 Å². The van der Waals surface area contributed by atoms with Crippen LogP contribution in [0.3, 0.4) is 0 Å². The average molecular weight is 385 g/mol. The van der Waals surface area contributed by atoms with E-state index in [9.17, 15) is 9.59 Å². The van der Waals surface area contributed by atoms with Gasteiger partial charge in [-0.3, -0.25) is 4.79 Å². The van der Waals surface area contributed by atoms with Crippen LogP contribution in [0.15, 0.2) is 33.0 Å². The molecular weight excluding hydrogens is 358 g/mol. The molecular formula is C22H27NO5. The van der Waals surface area contributed by atoms with Gasteiger partial charge in [-0.15, -0.1) is 0 Å². The number of methoxy groups -OCH3 is 2. The lowest BCUT2D eigenvalue weighted by Crippen LogP contribution is -2.29. The topological polar surface area (TPSA) is 77.8 Å². The van der Waals surface area contributed by atoms with Crippen molar-refractivity contribution in [2.24, 2.45) is 0 Å². The van der Waals surface area contributed by atoms with Gasteiger partial charge in [-0.05, 0) is 56.7 Å². The molecule has 0 saturated carbocycles. The van der Waals surface area contributed by atoms with Gasteiger partial charge in [-0.2, -0.15) is 0 Å². The van der Waals surface area contributed by atoms with E-state index in [-0.39, 0.29) is 12.3 Å². The summed E-state index contributed by atoms with van der Waals surface area (Å²) in [5, 5.41) is 3.65. The third-order valence-corrected chi connectivity index (χ3v) is 5.29. The number of aryl methyl sites for hydroxylation is 1. The summed E-state index contributed by atoms with van der Waals surface area (Å²) in [4.78, 5) is 24.9. The van der Waals surface area contributed by atoms with Gasteiger partial charge in [0.25, 0.3) is 0 Å². The van der Waals surface area contributed by atoms with E-state index in [4.69, 9.17) is 13.9 Å². The summed E-state index contributed by atoms with van der Waals surface area (Å²) in [6.07, 6.45) is 7.88. The first-order valence-corrected chi connectivity index (χ1v) is 9.67. The van der Waals surface area contributed by atoms with Crippen LogP contribution in [0.4, 0.5) is 0 Å². The van der Waals surface area contributed by atoms with Crippen molar-refractivity contribution in [3.63, 3.8) is 0 Å². The molecule has 0 bridgehead atoms. The first-order chi connectivity index (χ1) is 13.5. The smallest absolute Gasteiger partial charge is 0.340 e. The molecule has 0 spiro atoms. The zero-order valence-electron chi connectivity index (χ0n) is 16.7. The third-order valence-electron chi connectivity index (χ3n) is 5.29. The number of amides is 1. The molecule has 6 nitrogen and oxygen atoms in total. The van der Waals surface area contributed by atoms with Gasteiger partial charge in [0, 0.05) is 11.9 Å². The normalized spacial score (nSPS) is 13.9. The second-order valence-electron chi connectivity index (χ2n) is 7.06. The SMILES string of the molecule is COc1ccc2c(C)c(CC(=O)NCCC3=CCCCC3)c(=O)oc2c1OC. The van der Waals surface area contributed by atoms with Crippen LogP contribution in [0.1, 0.15) is 43.2 Å². The van der Waals surface area contributed by atoms with Gasteiger partial charge in [-0.1, -0.05) is 11.6 Å². The van der Waals surface area contributed by atoms with Gasteiger partial charge >= 0.3 is 5.63 Å². The Balaban J connectivity index is 1.76. The van der Waals surface area contributed by atoms with Gasteiger partial charge in [0.05, 0.1) is 26.2 Å². The lowest BCUT2D eigenvalue weighted by Gasteiger charge is -2.14. The Morgan fingerprint density at radius 2 is 2.04 bits per heavy atom. The van der Waals surface area contributed by atoms with E-state index in [1.54, 1.807) is 6.07 Å². The van der Waals surface area contributed by atoms with Crippen molar-refractivity contribution < 1.29 is 18.7 Å². The minimum Gasteiger partial charge on any atom is -0.493 e. The Morgan fingerprint density at radius 1 is 1.21 bits per heavy atom. The fourth-order valence-electron chi connectivity index (χ4n) is 3.69. The molecule has 0 unspecified atom stereocenters. The first-order valence-electron chi connectivity index (χ1n) is 9.67. The summed E-state index contributed by atoms with van der Waals surface area (Å²) in [5.74, 6) is 0.684. The quantitative estimate of drug-likeness (QED) is 0.581. The summed E-state index contributed by atoms with van der Waals surface area (Å²) >= 11 is 0. The van der Waals surface area contributed by atoms with Crippen molar-refractivity contribution in [1.29, 1.82) is 0 Å². The number of hydrogen-bond acceptors (Lipinski definition) is 5. The van der Waals surface area contributed by atoms with Gasteiger partial charge in [0.2, 0.25) is 11.7 Å². The Kier molecular flexibility index (Phi) is 6.39. The fraction of sp³-hybridized carbons (Fsp3) is 0.455. The highest BCUT2D eigenvalue weighted by Crippen LogP contribution is 2.36. The molecule has 1 aromatic heterocycles. The predicted molar refractivity (Wildman–Crippen MR) is 108 cm³/mol. The van der Waals surface area contributed by atoms with Crippen LogP contribution in [0.5, 0.6) is 11.5 Å². The van der Waals surface area contributed by atoms with E-state index in [0.717, 1.165) is 30.2 Å². The molecule has 0 atom stereocenters. The molecule has 2 aromatic rings. The Bertz CT molecular complexity index is 958. The molecule has 1 heterocycles. The van der Waals surface area contributed by atoms with Crippen LogP contribution in [0.25, 0.3) is 11.0 Å². The summed E-state index contributed by atoms with van der Waals surface area (Å²) in [7, 11) is 3.02. The second-order valence-corrected chi connectivity index (χ2v) is 7.06. The molecule has 6 heteroatoms. The minimum atomic E-state index is -0.526. The largest absolute Gasteiger partial charge is 0.493 e. The van der Waals surface area contributed by atoms with E-state index in [0.29, 0.717) is 29.2 Å². The molecule has 1 N–H and O–H groups in total. The number of ether oxygens (including phenoxy) is 2. The van der Waals surface area contributed by atoms with E-state index in [1.165, 1.54) is 32.6 Å². The van der Waals surface area contributed by atoms with Crippen LogP contribution < -0.4 is 20.4 Å². The maximum absolute atomic E-state index is 12.5. The highest BCUT2D eigenvalue weighted by molar-refractivity contribution is 5.89. The summed E-state index contributed by atoms with van der Waals surface area (Å²) in [5.41, 5.74) is 2.31. The van der Waals surface area contributed by atoms with E-state index in [1.807, 2.05) is 13.0 Å². The minimum absolute atomic E-state index is 0.00248. The number of nitrogens with one attached hydrogen (secondary N) is 1. The molecule has 1 aromatic carbocycles. The number of carbonyl (C=O) groups excluding carboxylic acids is 1. The van der Waals surface area contributed by atoms with Crippen LogP contribution in [0.2, 0.25) is 0 Å². The molecule has 150 valence electrons. The maximum atomic E-state index is 12.5. The van der Waals surface area contributed by atoms with Gasteiger partial charge in [-0.25, -0.2) is 4.79 Å². The van der Waals surface area contributed by atoms with Crippen molar-refractivity contribution in [3.05, 3.63) is 45.3 Å². The Labute approximate surface area is 164 Å². The van der Waals surface area contributed by atoms with Crippen molar-refractivity contribution in [3.8, 4) is 11.5 Å². The Hall–Kier alpha value is -2.76. The lowest BCUT2D eigenvalue weighted by molar-refractivity contribution is -0.120. The van der Waals surface area contributed by atoms with Crippen LogP contribution in [-0.4, -0.2) is 26.7 Å². The molecule has 3 rings (SSSR count). The van der Waals surface area contributed by atoms with Crippen LogP contribution in [-0.2, 0) is 11.2 Å². The lowest BCUT2D eigenvalue weighted by atomic mass is 9.97. The zero-order chi connectivity index (χ0) is 20.1. The highest BCUT2D eigenvalue weighted by atomic mass is 16.5. The van der Waals surface area contributed by atoms with Crippen LogP contribution in [0, 0.1) is 6.92 Å². The first kappa shape index (κ1) is 20.0. The number of rotatable bonds is 7. The fourth-order valence-corrected chi connectivity index (χ4v) is 3.69. The van der Waals surface area contributed by atoms with E-state index >= 15 is 0 Å². The van der Waals surface area contributed by atoms with Gasteiger partial charge < -0.3 is 19.2 Å². The van der Waals surface area contributed by atoms with E-state index < -0.39 is 5.63 Å². The number of hydrogen-bond donors (Lipinski definition) is 1. The van der Waals surface area contributed by atoms with Crippen molar-refractivity contribution in [1.82, 2.24) is 5.32 Å². The van der Waals surface area contributed by atoms with Gasteiger partial charge in [0.15, 0.2) is 11.3 Å². The molecule has 28 heavy (non-hydrogen) atoms. The van der Waals surface area contributed by atoms with E-state index in [2.05, 4.69) is 11.4 Å². The zero-order valence-corrected chi connectivity index (χ0v) is 16.7. The molecule has 0 aliphatic heterocycles. The monoisotopic (exact) mass is 385 g/mol. The summed E-state index contributed by atoms with van der Waals surface area (Å²) in [6, 6.07) is 3.57. The molecule has 0 saturated heterocycles. The van der Waals surface area contributed by atoms with Crippen molar-refractivity contribution in [2.45, 2.75) is 45.4 Å². The molecule has 0 fully saturated rings. The number of benzene rings is 1. The van der Waals surface area contributed by atoms with Crippen LogP contribution >= 0.6 is 0 Å². The average Bonchev–Trinajstić information content (AvgIpc) is 2.71. The number of fused-ring (bicyclic) bond motifs is 1. The summed E-state index contributed by atoms with van der Waals surface area (Å²) < 4.78 is 16.1. The Morgan fingerprint density at radius 3 is 2.71 bits per heavy atom. The number of allylic oxidation sites excluding steroid dienone is 1. The van der Waals surface area contributed by atoms with Crippen molar-refractivity contribution in [2.75, 3.05) is 20.8 Å². The molecule has 0 radical (unpaired) electrons. The third kappa shape index (κ3) is 4.21. The standard InChI is InChI=1S/C22H27NO5/c1-14-16-9-10-18(26-2)21(27-3)20(16)28-22(25)17(14)13-19(24)23-12-11-15-7-5-4-6-8-15/h7,9-10H,4-6,8,11-13H2,1-3H3,(H,23,24). The molecule has 1 aliphatic rings. The molecule has 1 aliphatic carbocycles. The highest BCUT2D eigenvalue weighted by Gasteiger charge is 2.19.